The maximum absolute atomic E-state index is 12.3. The molecule has 6 heteroatoms. The molecule has 1 heterocycles. The zero-order valence-corrected chi connectivity index (χ0v) is 13.1. The third-order valence-corrected chi connectivity index (χ3v) is 4.33. The van der Waals surface area contributed by atoms with Crippen molar-refractivity contribution in [3.8, 4) is 11.5 Å². The number of amides is 1. The smallest absolute Gasteiger partial charge is 0.266 e. The largest absolute Gasteiger partial charge is 0.508 e. The second-order valence-corrected chi connectivity index (χ2v) is 5.99. The number of phenolic OH excluding ortho intramolecular Hbond substituents is 2. The predicted octanol–water partition coefficient (Wildman–Crippen LogP) is 3.33. The number of nitrogens with zero attached hydrogens (tertiary/aromatic N) is 2. The Bertz CT molecular complexity index is 796. The van der Waals surface area contributed by atoms with Gasteiger partial charge in [-0.2, -0.15) is 0 Å². The number of amidine groups is 1. The molecule has 0 spiro atoms. The molecule has 1 fully saturated rings. The molecule has 0 unspecified atom stereocenters. The fourth-order valence-corrected chi connectivity index (χ4v) is 3.00. The highest BCUT2D eigenvalue weighted by Crippen LogP contribution is 2.33. The van der Waals surface area contributed by atoms with Gasteiger partial charge in [-0.15, -0.1) is 0 Å². The summed E-state index contributed by atoms with van der Waals surface area (Å²) >= 11 is 1.29. The minimum Gasteiger partial charge on any atom is -0.508 e. The van der Waals surface area contributed by atoms with E-state index in [0.29, 0.717) is 15.8 Å². The van der Waals surface area contributed by atoms with Crippen molar-refractivity contribution < 1.29 is 15.0 Å². The van der Waals surface area contributed by atoms with E-state index in [9.17, 15) is 15.0 Å². The highest BCUT2D eigenvalue weighted by Gasteiger charge is 2.30. The molecule has 3 rings (SSSR count). The second kappa shape index (κ2) is 6.18. The Labute approximate surface area is 137 Å². The van der Waals surface area contributed by atoms with E-state index in [4.69, 9.17) is 0 Å². The van der Waals surface area contributed by atoms with Crippen LogP contribution in [-0.2, 0) is 4.79 Å². The van der Waals surface area contributed by atoms with Gasteiger partial charge in [0.25, 0.3) is 5.91 Å². The quantitative estimate of drug-likeness (QED) is 0.830. The van der Waals surface area contributed by atoms with Crippen LogP contribution < -0.4 is 0 Å². The highest BCUT2D eigenvalue weighted by atomic mass is 32.2. The molecule has 1 amide bonds. The number of phenols is 2. The van der Waals surface area contributed by atoms with Gasteiger partial charge >= 0.3 is 0 Å². The monoisotopic (exact) mass is 326 g/mol. The first-order chi connectivity index (χ1) is 11.0. The maximum atomic E-state index is 12.3. The van der Waals surface area contributed by atoms with Crippen LogP contribution in [0.4, 0.5) is 5.69 Å². The molecule has 1 aliphatic heterocycles. The van der Waals surface area contributed by atoms with Gasteiger partial charge in [0, 0.05) is 7.05 Å². The Hall–Kier alpha value is -2.73. The molecule has 116 valence electrons. The molecule has 0 saturated carbocycles. The maximum Gasteiger partial charge on any atom is 0.266 e. The molecule has 0 aromatic heterocycles. The van der Waals surface area contributed by atoms with Gasteiger partial charge in [-0.3, -0.25) is 9.69 Å². The van der Waals surface area contributed by atoms with E-state index in [1.54, 1.807) is 61.7 Å². The van der Waals surface area contributed by atoms with E-state index in [2.05, 4.69) is 4.99 Å². The van der Waals surface area contributed by atoms with Crippen LogP contribution in [0.25, 0.3) is 6.08 Å². The number of aliphatic imine (C=N–C) groups is 1. The zero-order valence-electron chi connectivity index (χ0n) is 12.3. The predicted molar refractivity (Wildman–Crippen MR) is 91.6 cm³/mol. The number of hydrogen-bond donors (Lipinski definition) is 2. The molecule has 1 aliphatic rings. The van der Waals surface area contributed by atoms with E-state index in [-0.39, 0.29) is 17.4 Å². The summed E-state index contributed by atoms with van der Waals surface area (Å²) in [5, 5.41) is 19.2. The molecular formula is C17H14N2O3S. The normalized spacial score (nSPS) is 18.1. The van der Waals surface area contributed by atoms with Crippen molar-refractivity contribution >= 4 is 34.6 Å². The minimum absolute atomic E-state index is 0.124. The summed E-state index contributed by atoms with van der Waals surface area (Å²) in [6, 6.07) is 13.1. The van der Waals surface area contributed by atoms with E-state index in [0.717, 1.165) is 5.56 Å². The SMILES string of the molecule is CN1C(=O)/C(=C/c2ccc(O)cc2)SC1=Nc1ccc(O)cc1. The van der Waals surface area contributed by atoms with Crippen LogP contribution in [0, 0.1) is 0 Å². The summed E-state index contributed by atoms with van der Waals surface area (Å²) in [5.74, 6) is 0.232. The standard InChI is InChI=1S/C17H14N2O3S/c1-19-16(22)15(10-11-2-6-13(20)7-3-11)23-17(19)18-12-4-8-14(21)9-5-12/h2-10,20-21H,1H3/b15-10-,18-17?. The number of hydrogen-bond acceptors (Lipinski definition) is 5. The van der Waals surface area contributed by atoms with E-state index in [1.165, 1.54) is 16.7 Å². The van der Waals surface area contributed by atoms with Crippen LogP contribution in [0.15, 0.2) is 58.4 Å². The van der Waals surface area contributed by atoms with Gasteiger partial charge < -0.3 is 10.2 Å². The number of likely N-dealkylation sites (N-methyl/N-ethyl adjacent to an activating group) is 1. The van der Waals surface area contributed by atoms with Crippen LogP contribution in [0.5, 0.6) is 11.5 Å². The highest BCUT2D eigenvalue weighted by molar-refractivity contribution is 8.18. The van der Waals surface area contributed by atoms with Gasteiger partial charge in [-0.05, 0) is 59.8 Å². The van der Waals surface area contributed by atoms with Crippen molar-refractivity contribution in [3.63, 3.8) is 0 Å². The molecule has 0 radical (unpaired) electrons. The summed E-state index contributed by atoms with van der Waals surface area (Å²) in [7, 11) is 1.67. The van der Waals surface area contributed by atoms with Crippen molar-refractivity contribution in [3.05, 3.63) is 59.0 Å². The lowest BCUT2D eigenvalue weighted by Crippen LogP contribution is -2.23. The lowest BCUT2D eigenvalue weighted by atomic mass is 10.2. The third kappa shape index (κ3) is 3.37. The van der Waals surface area contributed by atoms with Crippen LogP contribution in [0.3, 0.4) is 0 Å². The molecule has 0 aliphatic carbocycles. The lowest BCUT2D eigenvalue weighted by molar-refractivity contribution is -0.121. The minimum atomic E-state index is -0.124. The van der Waals surface area contributed by atoms with Crippen molar-refractivity contribution in [2.75, 3.05) is 7.05 Å². The van der Waals surface area contributed by atoms with E-state index in [1.807, 2.05) is 0 Å². The van der Waals surface area contributed by atoms with Crippen molar-refractivity contribution in [1.82, 2.24) is 4.90 Å². The number of carbonyl (C=O) groups excluding carboxylic acids is 1. The van der Waals surface area contributed by atoms with Crippen LogP contribution in [-0.4, -0.2) is 33.2 Å². The van der Waals surface area contributed by atoms with E-state index >= 15 is 0 Å². The average Bonchev–Trinajstić information content (AvgIpc) is 2.80. The number of aromatic hydroxyl groups is 2. The molecule has 0 atom stereocenters. The molecular weight excluding hydrogens is 312 g/mol. The van der Waals surface area contributed by atoms with Gasteiger partial charge in [-0.25, -0.2) is 4.99 Å². The van der Waals surface area contributed by atoms with E-state index < -0.39 is 0 Å². The Morgan fingerprint density at radius 1 is 1.00 bits per heavy atom. The number of thioether (sulfide) groups is 1. The summed E-state index contributed by atoms with van der Waals surface area (Å²) in [6.07, 6.45) is 1.77. The second-order valence-electron chi connectivity index (χ2n) is 4.98. The molecule has 0 bridgehead atoms. The molecule has 2 N–H and O–H groups in total. The van der Waals surface area contributed by atoms with Crippen LogP contribution in [0.1, 0.15) is 5.56 Å². The first kappa shape index (κ1) is 15.2. The fourth-order valence-electron chi connectivity index (χ4n) is 2.01. The Morgan fingerprint density at radius 3 is 2.17 bits per heavy atom. The van der Waals surface area contributed by atoms with Crippen molar-refractivity contribution in [1.29, 1.82) is 0 Å². The van der Waals surface area contributed by atoms with Gasteiger partial charge in [0.15, 0.2) is 5.17 Å². The lowest BCUT2D eigenvalue weighted by Gasteiger charge is -2.07. The first-order valence-corrected chi connectivity index (χ1v) is 7.69. The fraction of sp³-hybridized carbons (Fsp3) is 0.0588. The Balaban J connectivity index is 1.87. The average molecular weight is 326 g/mol. The van der Waals surface area contributed by atoms with Gasteiger partial charge in [-0.1, -0.05) is 12.1 Å². The van der Waals surface area contributed by atoms with Gasteiger partial charge in [0.05, 0.1) is 10.6 Å². The first-order valence-electron chi connectivity index (χ1n) is 6.87. The Kier molecular flexibility index (Phi) is 4.08. The number of carbonyl (C=O) groups is 1. The van der Waals surface area contributed by atoms with Crippen molar-refractivity contribution in [2.45, 2.75) is 0 Å². The van der Waals surface area contributed by atoms with Crippen LogP contribution in [0.2, 0.25) is 0 Å². The molecule has 1 saturated heterocycles. The molecule has 2 aromatic carbocycles. The summed E-state index contributed by atoms with van der Waals surface area (Å²) < 4.78 is 0. The van der Waals surface area contributed by atoms with Crippen molar-refractivity contribution in [2.24, 2.45) is 4.99 Å². The number of rotatable bonds is 2. The summed E-state index contributed by atoms with van der Waals surface area (Å²) in [4.78, 5) is 18.8. The topological polar surface area (TPSA) is 73.1 Å². The zero-order chi connectivity index (χ0) is 16.4. The van der Waals surface area contributed by atoms with Crippen LogP contribution >= 0.6 is 11.8 Å². The van der Waals surface area contributed by atoms with Gasteiger partial charge in [0.1, 0.15) is 11.5 Å². The Morgan fingerprint density at radius 2 is 1.57 bits per heavy atom. The summed E-state index contributed by atoms with van der Waals surface area (Å²) in [6.45, 7) is 0. The molecule has 2 aromatic rings. The molecule has 5 nitrogen and oxygen atoms in total. The number of benzene rings is 2. The summed E-state index contributed by atoms with van der Waals surface area (Å²) in [5.41, 5.74) is 1.49. The molecule has 23 heavy (non-hydrogen) atoms. The third-order valence-electron chi connectivity index (χ3n) is 3.27. The van der Waals surface area contributed by atoms with Gasteiger partial charge in [0.2, 0.25) is 0 Å².